The molecule has 4 heteroatoms. The molecule has 1 unspecified atom stereocenters. The molecule has 2 saturated carbocycles. The number of carboxylic acid groups (broad SMARTS) is 1. The van der Waals surface area contributed by atoms with Crippen LogP contribution in [0.5, 0.6) is 0 Å². The molecular formula is C16H27NO3. The minimum atomic E-state index is -0.973. The van der Waals surface area contributed by atoms with Gasteiger partial charge in [0.1, 0.15) is 0 Å². The van der Waals surface area contributed by atoms with Crippen LogP contribution in [0, 0.1) is 29.1 Å². The van der Waals surface area contributed by atoms with Crippen molar-refractivity contribution >= 4 is 11.9 Å². The first-order chi connectivity index (χ1) is 9.34. The van der Waals surface area contributed by atoms with Crippen LogP contribution in [-0.4, -0.2) is 23.5 Å². The maximum atomic E-state index is 12.1. The molecule has 2 aliphatic rings. The summed E-state index contributed by atoms with van der Waals surface area (Å²) in [5.41, 5.74) is -0.973. The number of aliphatic carboxylic acids is 1. The monoisotopic (exact) mass is 281 g/mol. The quantitative estimate of drug-likeness (QED) is 0.719. The first kappa shape index (κ1) is 15.3. The van der Waals surface area contributed by atoms with E-state index in [1.54, 1.807) is 6.92 Å². The van der Waals surface area contributed by atoms with Crippen molar-refractivity contribution in [2.75, 3.05) is 6.54 Å². The van der Waals surface area contributed by atoms with E-state index in [-0.39, 0.29) is 18.2 Å². The van der Waals surface area contributed by atoms with Crippen LogP contribution < -0.4 is 5.32 Å². The highest BCUT2D eigenvalue weighted by molar-refractivity contribution is 5.84. The average molecular weight is 281 g/mol. The number of carbonyl (C=O) groups excluding carboxylic acids is 1. The van der Waals surface area contributed by atoms with E-state index in [0.29, 0.717) is 5.92 Å². The molecule has 0 spiro atoms. The lowest BCUT2D eigenvalue weighted by Crippen LogP contribution is -2.40. The van der Waals surface area contributed by atoms with E-state index in [4.69, 9.17) is 0 Å². The van der Waals surface area contributed by atoms with Crippen LogP contribution in [0.25, 0.3) is 0 Å². The van der Waals surface area contributed by atoms with Gasteiger partial charge in [-0.05, 0) is 56.3 Å². The Kier molecular flexibility index (Phi) is 4.40. The lowest BCUT2D eigenvalue weighted by Gasteiger charge is -2.28. The van der Waals surface area contributed by atoms with Crippen molar-refractivity contribution in [2.45, 2.75) is 52.9 Å². The Bertz CT molecular complexity index is 373. The average Bonchev–Trinajstić information content (AvgIpc) is 3.22. The zero-order valence-electron chi connectivity index (χ0n) is 12.8. The van der Waals surface area contributed by atoms with Crippen LogP contribution in [-0.2, 0) is 9.59 Å². The van der Waals surface area contributed by atoms with Crippen LogP contribution in [0.4, 0.5) is 0 Å². The normalized spacial score (nSPS) is 21.9. The Balaban J connectivity index is 1.83. The topological polar surface area (TPSA) is 66.4 Å². The molecule has 114 valence electrons. The van der Waals surface area contributed by atoms with Gasteiger partial charge in [-0.2, -0.15) is 0 Å². The molecule has 2 N–H and O–H groups in total. The predicted molar refractivity (Wildman–Crippen MR) is 77.1 cm³/mol. The van der Waals surface area contributed by atoms with Gasteiger partial charge in [0, 0.05) is 13.0 Å². The van der Waals surface area contributed by atoms with E-state index in [1.807, 2.05) is 13.8 Å². The van der Waals surface area contributed by atoms with E-state index in [1.165, 1.54) is 25.7 Å². The van der Waals surface area contributed by atoms with Crippen molar-refractivity contribution in [1.29, 1.82) is 0 Å². The molecule has 4 nitrogen and oxygen atoms in total. The molecular weight excluding hydrogens is 254 g/mol. The fraction of sp³-hybridized carbons (Fsp3) is 0.875. The van der Waals surface area contributed by atoms with Gasteiger partial charge in [-0.25, -0.2) is 0 Å². The molecule has 0 aromatic carbocycles. The Hall–Kier alpha value is -1.06. The van der Waals surface area contributed by atoms with Crippen LogP contribution in [0.2, 0.25) is 0 Å². The molecule has 0 aliphatic heterocycles. The maximum Gasteiger partial charge on any atom is 0.310 e. The third-order valence-electron chi connectivity index (χ3n) is 5.28. The second kappa shape index (κ2) is 5.74. The fourth-order valence-corrected chi connectivity index (χ4v) is 2.92. The molecule has 2 rings (SSSR count). The van der Waals surface area contributed by atoms with E-state index < -0.39 is 11.4 Å². The lowest BCUT2D eigenvalue weighted by molar-refractivity contribution is -0.153. The Morgan fingerprint density at radius 3 is 2.05 bits per heavy atom. The highest BCUT2D eigenvalue weighted by atomic mass is 16.4. The molecule has 1 atom stereocenters. The predicted octanol–water partition coefficient (Wildman–Crippen LogP) is 2.68. The SMILES string of the molecule is CC(C)C(C)(CC(=O)NCC(C1CC1)C1CC1)C(=O)O. The largest absolute Gasteiger partial charge is 0.481 e. The Morgan fingerprint density at radius 1 is 1.20 bits per heavy atom. The van der Waals surface area contributed by atoms with Gasteiger partial charge >= 0.3 is 5.97 Å². The fourth-order valence-electron chi connectivity index (χ4n) is 2.92. The third-order valence-corrected chi connectivity index (χ3v) is 5.28. The Morgan fingerprint density at radius 2 is 1.70 bits per heavy atom. The molecule has 1 amide bonds. The van der Waals surface area contributed by atoms with Gasteiger partial charge in [0.2, 0.25) is 5.91 Å². The Labute approximate surface area is 121 Å². The molecule has 0 saturated heterocycles. The number of rotatable bonds is 8. The first-order valence-electron chi connectivity index (χ1n) is 7.84. The number of carboxylic acids is 1. The summed E-state index contributed by atoms with van der Waals surface area (Å²) in [5.74, 6) is 1.18. The summed E-state index contributed by atoms with van der Waals surface area (Å²) in [5, 5.41) is 12.3. The number of nitrogens with one attached hydrogen (secondary N) is 1. The van der Waals surface area contributed by atoms with Crippen molar-refractivity contribution in [3.8, 4) is 0 Å². The van der Waals surface area contributed by atoms with Gasteiger partial charge in [0.25, 0.3) is 0 Å². The summed E-state index contributed by atoms with van der Waals surface area (Å²) in [6, 6.07) is 0. The molecule has 2 fully saturated rings. The van der Waals surface area contributed by atoms with E-state index in [0.717, 1.165) is 18.4 Å². The summed E-state index contributed by atoms with van der Waals surface area (Å²) in [6.07, 6.45) is 5.28. The molecule has 2 aliphatic carbocycles. The first-order valence-corrected chi connectivity index (χ1v) is 7.84. The van der Waals surface area contributed by atoms with Crippen LogP contribution in [0.3, 0.4) is 0 Å². The number of carbonyl (C=O) groups is 2. The van der Waals surface area contributed by atoms with Crippen LogP contribution in [0.1, 0.15) is 52.9 Å². The van der Waals surface area contributed by atoms with Crippen molar-refractivity contribution in [1.82, 2.24) is 5.32 Å². The van der Waals surface area contributed by atoms with Crippen molar-refractivity contribution < 1.29 is 14.7 Å². The van der Waals surface area contributed by atoms with Gasteiger partial charge in [0.05, 0.1) is 5.41 Å². The summed E-state index contributed by atoms with van der Waals surface area (Å²) in [4.78, 5) is 23.5. The third kappa shape index (κ3) is 3.53. The maximum absolute atomic E-state index is 12.1. The lowest BCUT2D eigenvalue weighted by atomic mass is 9.76. The van der Waals surface area contributed by atoms with E-state index >= 15 is 0 Å². The second-order valence-electron chi connectivity index (χ2n) is 7.20. The zero-order valence-corrected chi connectivity index (χ0v) is 12.8. The smallest absolute Gasteiger partial charge is 0.310 e. The molecule has 0 aromatic rings. The summed E-state index contributed by atoms with van der Waals surface area (Å²) >= 11 is 0. The van der Waals surface area contributed by atoms with Gasteiger partial charge in [-0.1, -0.05) is 13.8 Å². The molecule has 20 heavy (non-hydrogen) atoms. The minimum Gasteiger partial charge on any atom is -0.481 e. The summed E-state index contributed by atoms with van der Waals surface area (Å²) < 4.78 is 0. The highest BCUT2D eigenvalue weighted by Gasteiger charge is 2.42. The molecule has 0 aromatic heterocycles. The van der Waals surface area contributed by atoms with Gasteiger partial charge < -0.3 is 10.4 Å². The molecule has 0 heterocycles. The number of hydrogen-bond acceptors (Lipinski definition) is 2. The van der Waals surface area contributed by atoms with E-state index in [9.17, 15) is 14.7 Å². The molecule has 0 bridgehead atoms. The zero-order chi connectivity index (χ0) is 14.9. The summed E-state index contributed by atoms with van der Waals surface area (Å²) in [6.45, 7) is 6.12. The van der Waals surface area contributed by atoms with Gasteiger partial charge in [-0.3, -0.25) is 9.59 Å². The van der Waals surface area contributed by atoms with E-state index in [2.05, 4.69) is 5.32 Å². The highest BCUT2D eigenvalue weighted by Crippen LogP contribution is 2.48. The van der Waals surface area contributed by atoms with Crippen molar-refractivity contribution in [3.05, 3.63) is 0 Å². The number of amides is 1. The van der Waals surface area contributed by atoms with Gasteiger partial charge in [0.15, 0.2) is 0 Å². The van der Waals surface area contributed by atoms with Crippen LogP contribution >= 0.6 is 0 Å². The minimum absolute atomic E-state index is 0.0617. The van der Waals surface area contributed by atoms with Crippen molar-refractivity contribution in [3.63, 3.8) is 0 Å². The molecule has 0 radical (unpaired) electrons. The van der Waals surface area contributed by atoms with Crippen molar-refractivity contribution in [2.24, 2.45) is 29.1 Å². The second-order valence-corrected chi connectivity index (χ2v) is 7.20. The standard InChI is InChI=1S/C16H27NO3/c1-10(2)16(3,15(19)20)8-14(18)17-9-13(11-4-5-11)12-6-7-12/h10-13H,4-9H2,1-3H3,(H,17,18)(H,19,20). The number of hydrogen-bond donors (Lipinski definition) is 2. The van der Waals surface area contributed by atoms with Crippen LogP contribution in [0.15, 0.2) is 0 Å². The summed E-state index contributed by atoms with van der Waals surface area (Å²) in [7, 11) is 0. The van der Waals surface area contributed by atoms with Gasteiger partial charge in [-0.15, -0.1) is 0 Å².